The van der Waals surface area contributed by atoms with Crippen molar-refractivity contribution in [1.82, 2.24) is 15.5 Å². The lowest BCUT2D eigenvalue weighted by atomic mass is 9.94. The first kappa shape index (κ1) is 19.5. The molecule has 1 saturated heterocycles. The first-order valence-corrected chi connectivity index (χ1v) is 9.28. The summed E-state index contributed by atoms with van der Waals surface area (Å²) in [7, 11) is 0. The Bertz CT molecular complexity index is 811. The van der Waals surface area contributed by atoms with Gasteiger partial charge >= 0.3 is 6.03 Å². The Labute approximate surface area is 167 Å². The quantitative estimate of drug-likeness (QED) is 0.729. The Balaban J connectivity index is 1.85. The molecule has 6 nitrogen and oxygen atoms in total. The predicted molar refractivity (Wildman–Crippen MR) is 106 cm³/mol. The standard InChI is InChI=1S/C19H20Cl2N4O2/c20-14-5-1-12(2-6-14)17(22)18(13-3-7-15(21)8-4-13)24-19(27)25-10-9-23-16(26)11-25/h1-8,17-18H,9-11,22H2,(H,23,26)(H,24,27)/t17-,18+/m0/s1. The first-order chi connectivity index (χ1) is 12.9. The second-order valence-electron chi connectivity index (χ2n) is 6.33. The second-order valence-corrected chi connectivity index (χ2v) is 7.20. The van der Waals surface area contributed by atoms with Gasteiger partial charge in [-0.15, -0.1) is 0 Å². The van der Waals surface area contributed by atoms with Gasteiger partial charge in [-0.2, -0.15) is 0 Å². The zero-order valence-corrected chi connectivity index (χ0v) is 16.0. The van der Waals surface area contributed by atoms with Crippen molar-refractivity contribution in [3.63, 3.8) is 0 Å². The zero-order chi connectivity index (χ0) is 19.4. The fraction of sp³-hybridized carbons (Fsp3) is 0.263. The molecule has 1 aliphatic rings. The van der Waals surface area contributed by atoms with Crippen LogP contribution in [0.3, 0.4) is 0 Å². The van der Waals surface area contributed by atoms with E-state index in [-0.39, 0.29) is 18.5 Å². The Morgan fingerprint density at radius 1 is 1.04 bits per heavy atom. The molecule has 1 heterocycles. The maximum Gasteiger partial charge on any atom is 0.318 e. The van der Waals surface area contributed by atoms with Gasteiger partial charge in [0.1, 0.15) is 6.54 Å². The summed E-state index contributed by atoms with van der Waals surface area (Å²) in [4.78, 5) is 25.8. The number of hydrogen-bond donors (Lipinski definition) is 3. The number of halogens is 2. The number of benzene rings is 2. The van der Waals surface area contributed by atoms with Crippen LogP contribution in [0.4, 0.5) is 4.79 Å². The summed E-state index contributed by atoms with van der Waals surface area (Å²) in [5, 5.41) is 6.86. The number of amides is 3. The van der Waals surface area contributed by atoms with Gasteiger partial charge < -0.3 is 21.3 Å². The number of piperazine rings is 1. The average molecular weight is 407 g/mol. The third-order valence-electron chi connectivity index (χ3n) is 4.45. The molecule has 1 fully saturated rings. The van der Waals surface area contributed by atoms with E-state index in [9.17, 15) is 9.59 Å². The zero-order valence-electron chi connectivity index (χ0n) is 14.5. The van der Waals surface area contributed by atoms with Gasteiger partial charge in [-0.3, -0.25) is 4.79 Å². The first-order valence-electron chi connectivity index (χ1n) is 8.52. The number of hydrogen-bond acceptors (Lipinski definition) is 3. The molecule has 8 heteroatoms. The lowest BCUT2D eigenvalue weighted by Gasteiger charge is -2.31. The third kappa shape index (κ3) is 4.91. The van der Waals surface area contributed by atoms with E-state index in [4.69, 9.17) is 28.9 Å². The van der Waals surface area contributed by atoms with E-state index in [1.165, 1.54) is 4.90 Å². The van der Waals surface area contributed by atoms with E-state index >= 15 is 0 Å². The summed E-state index contributed by atoms with van der Waals surface area (Å²) in [6, 6.07) is 13.0. The van der Waals surface area contributed by atoms with Crippen molar-refractivity contribution in [3.8, 4) is 0 Å². The molecule has 27 heavy (non-hydrogen) atoms. The molecule has 0 aliphatic carbocycles. The smallest absolute Gasteiger partial charge is 0.318 e. The highest BCUT2D eigenvalue weighted by Crippen LogP contribution is 2.29. The Morgan fingerprint density at radius 2 is 1.59 bits per heavy atom. The van der Waals surface area contributed by atoms with Crippen LogP contribution in [0.25, 0.3) is 0 Å². The van der Waals surface area contributed by atoms with Crippen molar-refractivity contribution in [2.75, 3.05) is 19.6 Å². The molecule has 1 aliphatic heterocycles. The number of carbonyl (C=O) groups is 2. The van der Waals surface area contributed by atoms with Gasteiger partial charge in [0.25, 0.3) is 0 Å². The van der Waals surface area contributed by atoms with Gasteiger partial charge in [-0.1, -0.05) is 47.5 Å². The highest BCUT2D eigenvalue weighted by atomic mass is 35.5. The number of nitrogens with zero attached hydrogens (tertiary/aromatic N) is 1. The number of rotatable bonds is 4. The molecule has 0 unspecified atom stereocenters. The van der Waals surface area contributed by atoms with Crippen molar-refractivity contribution in [2.24, 2.45) is 5.73 Å². The molecule has 4 N–H and O–H groups in total. The minimum atomic E-state index is -0.508. The minimum Gasteiger partial charge on any atom is -0.353 e. The molecule has 0 radical (unpaired) electrons. The van der Waals surface area contributed by atoms with E-state index in [1.54, 1.807) is 24.3 Å². The van der Waals surface area contributed by atoms with E-state index in [0.29, 0.717) is 23.1 Å². The van der Waals surface area contributed by atoms with Crippen LogP contribution < -0.4 is 16.4 Å². The lowest BCUT2D eigenvalue weighted by Crippen LogP contribution is -2.54. The van der Waals surface area contributed by atoms with Crippen LogP contribution >= 0.6 is 23.2 Å². The topological polar surface area (TPSA) is 87.5 Å². The number of carbonyl (C=O) groups excluding carboxylic acids is 2. The van der Waals surface area contributed by atoms with Crippen molar-refractivity contribution in [1.29, 1.82) is 0 Å². The van der Waals surface area contributed by atoms with Crippen molar-refractivity contribution >= 4 is 35.1 Å². The maximum absolute atomic E-state index is 12.7. The number of nitrogens with two attached hydrogens (primary N) is 1. The molecule has 3 amide bonds. The minimum absolute atomic E-state index is 0.0232. The van der Waals surface area contributed by atoms with E-state index in [0.717, 1.165) is 11.1 Å². The number of nitrogens with one attached hydrogen (secondary N) is 2. The van der Waals surface area contributed by atoms with Gasteiger partial charge in [0.05, 0.1) is 12.1 Å². The van der Waals surface area contributed by atoms with E-state index in [2.05, 4.69) is 10.6 Å². The van der Waals surface area contributed by atoms with Crippen LogP contribution in [0.15, 0.2) is 48.5 Å². The lowest BCUT2D eigenvalue weighted by molar-refractivity contribution is -0.123. The van der Waals surface area contributed by atoms with Crippen LogP contribution in [0.2, 0.25) is 10.0 Å². The summed E-state index contributed by atoms with van der Waals surface area (Å²) in [5.41, 5.74) is 8.12. The third-order valence-corrected chi connectivity index (χ3v) is 4.95. The Morgan fingerprint density at radius 3 is 2.15 bits per heavy atom. The van der Waals surface area contributed by atoms with Gasteiger partial charge in [0, 0.05) is 23.1 Å². The van der Waals surface area contributed by atoms with Gasteiger partial charge in [-0.05, 0) is 35.4 Å². The van der Waals surface area contributed by atoms with Crippen molar-refractivity contribution in [2.45, 2.75) is 12.1 Å². The molecule has 142 valence electrons. The summed E-state index contributed by atoms with van der Waals surface area (Å²) < 4.78 is 0. The van der Waals surface area contributed by atoms with E-state index in [1.807, 2.05) is 24.3 Å². The van der Waals surface area contributed by atoms with E-state index < -0.39 is 12.1 Å². The van der Waals surface area contributed by atoms with Gasteiger partial charge in [0.2, 0.25) is 5.91 Å². The van der Waals surface area contributed by atoms with Gasteiger partial charge in [-0.25, -0.2) is 4.79 Å². The molecule has 0 aromatic heterocycles. The molecule has 2 aromatic rings. The normalized spacial score (nSPS) is 16.4. The molecule has 0 spiro atoms. The maximum atomic E-state index is 12.7. The molecule has 0 saturated carbocycles. The Hall–Kier alpha value is -2.28. The molecule has 3 rings (SSSR count). The number of urea groups is 1. The molecule has 2 aromatic carbocycles. The van der Waals surface area contributed by atoms with Crippen LogP contribution in [0, 0.1) is 0 Å². The summed E-state index contributed by atoms with van der Waals surface area (Å²) in [6.07, 6.45) is 0. The van der Waals surface area contributed by atoms with Gasteiger partial charge in [0.15, 0.2) is 0 Å². The van der Waals surface area contributed by atoms with Crippen molar-refractivity contribution < 1.29 is 9.59 Å². The average Bonchev–Trinajstić information content (AvgIpc) is 2.67. The van der Waals surface area contributed by atoms with Crippen LogP contribution in [-0.4, -0.2) is 36.5 Å². The SMILES string of the molecule is N[C@@H](c1ccc(Cl)cc1)[C@H](NC(=O)N1CCNC(=O)C1)c1ccc(Cl)cc1. The molecular weight excluding hydrogens is 387 g/mol. The largest absolute Gasteiger partial charge is 0.353 e. The fourth-order valence-corrected chi connectivity index (χ4v) is 3.22. The van der Waals surface area contributed by atoms with Crippen LogP contribution in [-0.2, 0) is 4.79 Å². The summed E-state index contributed by atoms with van der Waals surface area (Å²) in [5.74, 6) is -0.179. The summed E-state index contributed by atoms with van der Waals surface area (Å²) >= 11 is 11.9. The highest BCUT2D eigenvalue weighted by molar-refractivity contribution is 6.30. The monoisotopic (exact) mass is 406 g/mol. The Kier molecular flexibility index (Phi) is 6.21. The summed E-state index contributed by atoms with van der Waals surface area (Å²) in [6.45, 7) is 0.900. The molecule has 0 bridgehead atoms. The second kappa shape index (κ2) is 8.61. The molecule has 2 atom stereocenters. The fourth-order valence-electron chi connectivity index (χ4n) is 2.96. The van der Waals surface area contributed by atoms with Crippen molar-refractivity contribution in [3.05, 3.63) is 69.7 Å². The van der Waals surface area contributed by atoms with Crippen LogP contribution in [0.1, 0.15) is 23.2 Å². The van der Waals surface area contributed by atoms with Crippen LogP contribution in [0.5, 0.6) is 0 Å². The molecular formula is C19H20Cl2N4O2. The predicted octanol–water partition coefficient (Wildman–Crippen LogP) is 2.88. The highest BCUT2D eigenvalue weighted by Gasteiger charge is 2.27.